The quantitative estimate of drug-likeness (QED) is 0.515. The average Bonchev–Trinajstić information content (AvgIpc) is 2.87. The first-order chi connectivity index (χ1) is 11.4. The fourth-order valence-electron chi connectivity index (χ4n) is 2.39. The number of nitro groups is 1. The molecule has 0 unspecified atom stereocenters. The molecule has 0 aliphatic carbocycles. The minimum absolute atomic E-state index is 0.0156. The maximum atomic E-state index is 13.9. The van der Waals surface area contributed by atoms with Crippen molar-refractivity contribution in [1.82, 2.24) is 0 Å². The standard InChI is InChI=1S/C16H10ClFN2O3S/c1-8-14-11(18)3-2-4-13(14)24-15(8)16(21)19-9-5-6-10(17)12(7-9)20(22)23/h2-7H,1H3,(H,19,21). The summed E-state index contributed by atoms with van der Waals surface area (Å²) in [5.74, 6) is -0.841. The van der Waals surface area contributed by atoms with Gasteiger partial charge >= 0.3 is 0 Å². The number of anilines is 1. The summed E-state index contributed by atoms with van der Waals surface area (Å²) in [7, 11) is 0. The van der Waals surface area contributed by atoms with Crippen molar-refractivity contribution in [3.8, 4) is 0 Å². The Kier molecular flexibility index (Phi) is 4.21. The van der Waals surface area contributed by atoms with Crippen LogP contribution in [-0.2, 0) is 0 Å². The number of amides is 1. The molecule has 1 aromatic heterocycles. The van der Waals surface area contributed by atoms with Gasteiger partial charge in [0.05, 0.1) is 9.80 Å². The van der Waals surface area contributed by atoms with E-state index in [0.29, 0.717) is 20.5 Å². The average molecular weight is 365 g/mol. The molecule has 1 amide bonds. The van der Waals surface area contributed by atoms with Crippen LogP contribution in [0.4, 0.5) is 15.8 Å². The third kappa shape index (κ3) is 2.83. The number of nitrogens with one attached hydrogen (secondary N) is 1. The van der Waals surface area contributed by atoms with E-state index in [-0.39, 0.29) is 22.2 Å². The van der Waals surface area contributed by atoms with Gasteiger partial charge in [-0.1, -0.05) is 17.7 Å². The summed E-state index contributed by atoms with van der Waals surface area (Å²) in [6.07, 6.45) is 0. The summed E-state index contributed by atoms with van der Waals surface area (Å²) < 4.78 is 14.6. The Hall–Kier alpha value is -2.51. The number of thiophene rings is 1. The molecule has 0 aliphatic heterocycles. The van der Waals surface area contributed by atoms with Crippen LogP contribution in [0.2, 0.25) is 5.02 Å². The van der Waals surface area contributed by atoms with Crippen molar-refractivity contribution in [3.63, 3.8) is 0 Å². The lowest BCUT2D eigenvalue weighted by molar-refractivity contribution is -0.384. The number of nitrogens with zero attached hydrogens (tertiary/aromatic N) is 1. The number of rotatable bonds is 3. The molecule has 1 N–H and O–H groups in total. The van der Waals surface area contributed by atoms with E-state index in [4.69, 9.17) is 11.6 Å². The van der Waals surface area contributed by atoms with Crippen LogP contribution in [0, 0.1) is 22.9 Å². The molecule has 3 rings (SSSR count). The number of carbonyl (C=O) groups excluding carboxylic acids is 1. The lowest BCUT2D eigenvalue weighted by Crippen LogP contribution is -2.11. The molecule has 0 aliphatic rings. The van der Waals surface area contributed by atoms with Crippen molar-refractivity contribution < 1.29 is 14.1 Å². The van der Waals surface area contributed by atoms with Crippen LogP contribution in [0.15, 0.2) is 36.4 Å². The first-order valence-electron chi connectivity index (χ1n) is 6.81. The highest BCUT2D eigenvalue weighted by Gasteiger charge is 2.19. The smallest absolute Gasteiger partial charge is 0.289 e. The summed E-state index contributed by atoms with van der Waals surface area (Å²) in [6, 6.07) is 8.65. The zero-order valence-corrected chi connectivity index (χ0v) is 13.9. The molecule has 0 fully saturated rings. The number of nitro benzene ring substituents is 1. The van der Waals surface area contributed by atoms with Gasteiger partial charge in [0.25, 0.3) is 11.6 Å². The maximum Gasteiger partial charge on any atom is 0.289 e. The van der Waals surface area contributed by atoms with Gasteiger partial charge in [-0.15, -0.1) is 11.3 Å². The molecule has 0 radical (unpaired) electrons. The molecule has 0 bridgehead atoms. The Balaban J connectivity index is 1.96. The third-order valence-electron chi connectivity index (χ3n) is 3.51. The predicted octanol–water partition coefficient (Wildman–Crippen LogP) is 5.16. The normalized spacial score (nSPS) is 10.8. The maximum absolute atomic E-state index is 13.9. The molecule has 0 atom stereocenters. The van der Waals surface area contributed by atoms with Crippen molar-refractivity contribution in [1.29, 1.82) is 0 Å². The second-order valence-corrected chi connectivity index (χ2v) is 6.51. The number of aryl methyl sites for hydroxylation is 1. The zero-order chi connectivity index (χ0) is 17.4. The highest BCUT2D eigenvalue weighted by molar-refractivity contribution is 7.21. The Bertz CT molecular complexity index is 987. The highest BCUT2D eigenvalue weighted by atomic mass is 35.5. The number of carbonyl (C=O) groups is 1. The summed E-state index contributed by atoms with van der Waals surface area (Å²) in [5, 5.41) is 13.9. The van der Waals surface area contributed by atoms with Gasteiger partial charge in [0, 0.05) is 21.8 Å². The fourth-order valence-corrected chi connectivity index (χ4v) is 3.69. The minimum Gasteiger partial charge on any atom is -0.321 e. The number of hydrogen-bond donors (Lipinski definition) is 1. The van der Waals surface area contributed by atoms with Crippen molar-refractivity contribution in [2.75, 3.05) is 5.32 Å². The molecule has 0 saturated carbocycles. The van der Waals surface area contributed by atoms with Gasteiger partial charge in [0.15, 0.2) is 0 Å². The van der Waals surface area contributed by atoms with Gasteiger partial charge in [0.1, 0.15) is 10.8 Å². The molecule has 3 aromatic rings. The molecular formula is C16H10ClFN2O3S. The van der Waals surface area contributed by atoms with Gasteiger partial charge in [-0.25, -0.2) is 4.39 Å². The summed E-state index contributed by atoms with van der Waals surface area (Å²) in [4.78, 5) is 23.1. The summed E-state index contributed by atoms with van der Waals surface area (Å²) >= 11 is 6.91. The summed E-state index contributed by atoms with van der Waals surface area (Å²) in [5.41, 5.74) is 0.482. The molecule has 24 heavy (non-hydrogen) atoms. The monoisotopic (exact) mass is 364 g/mol. The number of halogens is 2. The second kappa shape index (κ2) is 6.18. The van der Waals surface area contributed by atoms with E-state index >= 15 is 0 Å². The molecule has 5 nitrogen and oxygen atoms in total. The van der Waals surface area contributed by atoms with Crippen molar-refractivity contribution in [2.24, 2.45) is 0 Å². The molecule has 122 valence electrons. The van der Waals surface area contributed by atoms with Gasteiger partial charge in [-0.2, -0.15) is 0 Å². The van der Waals surface area contributed by atoms with E-state index in [9.17, 15) is 19.3 Å². The largest absolute Gasteiger partial charge is 0.321 e. The van der Waals surface area contributed by atoms with Crippen LogP contribution in [0.3, 0.4) is 0 Å². The van der Waals surface area contributed by atoms with Gasteiger partial charge in [-0.3, -0.25) is 14.9 Å². The number of benzene rings is 2. The van der Waals surface area contributed by atoms with Crippen LogP contribution in [0.25, 0.3) is 10.1 Å². The SMILES string of the molecule is Cc1c(C(=O)Nc2ccc(Cl)c([N+](=O)[O-])c2)sc2cccc(F)c12. The lowest BCUT2D eigenvalue weighted by atomic mass is 10.1. The van der Waals surface area contributed by atoms with Crippen LogP contribution in [0.5, 0.6) is 0 Å². The van der Waals surface area contributed by atoms with Gasteiger partial charge < -0.3 is 5.32 Å². The van der Waals surface area contributed by atoms with E-state index in [2.05, 4.69) is 5.32 Å². The molecule has 0 saturated heterocycles. The van der Waals surface area contributed by atoms with E-state index in [0.717, 1.165) is 0 Å². The zero-order valence-electron chi connectivity index (χ0n) is 12.3. The van der Waals surface area contributed by atoms with E-state index in [1.54, 1.807) is 19.1 Å². The van der Waals surface area contributed by atoms with Crippen LogP contribution < -0.4 is 5.32 Å². The molecule has 0 spiro atoms. The predicted molar refractivity (Wildman–Crippen MR) is 92.6 cm³/mol. The third-order valence-corrected chi connectivity index (χ3v) is 5.09. The van der Waals surface area contributed by atoms with Gasteiger partial charge in [0.2, 0.25) is 0 Å². The van der Waals surface area contributed by atoms with Gasteiger partial charge in [-0.05, 0) is 36.8 Å². The Morgan fingerprint density at radius 2 is 2.08 bits per heavy atom. The van der Waals surface area contributed by atoms with Crippen molar-refractivity contribution >= 4 is 50.3 Å². The first-order valence-corrected chi connectivity index (χ1v) is 8.01. The molecule has 2 aromatic carbocycles. The topological polar surface area (TPSA) is 72.2 Å². The molecular weight excluding hydrogens is 355 g/mol. The number of hydrogen-bond acceptors (Lipinski definition) is 4. The van der Waals surface area contributed by atoms with Crippen LogP contribution in [0.1, 0.15) is 15.2 Å². The Morgan fingerprint density at radius 1 is 1.33 bits per heavy atom. The van der Waals surface area contributed by atoms with E-state index < -0.39 is 10.8 Å². The minimum atomic E-state index is -0.627. The van der Waals surface area contributed by atoms with Crippen LogP contribution in [-0.4, -0.2) is 10.8 Å². The van der Waals surface area contributed by atoms with Crippen molar-refractivity contribution in [3.05, 3.63) is 67.8 Å². The van der Waals surface area contributed by atoms with E-state index in [1.165, 1.54) is 35.6 Å². The molecule has 1 heterocycles. The summed E-state index contributed by atoms with van der Waals surface area (Å²) in [6.45, 7) is 1.67. The fraction of sp³-hybridized carbons (Fsp3) is 0.0625. The second-order valence-electron chi connectivity index (χ2n) is 5.05. The lowest BCUT2D eigenvalue weighted by Gasteiger charge is -2.05. The van der Waals surface area contributed by atoms with Crippen LogP contribution >= 0.6 is 22.9 Å². The number of fused-ring (bicyclic) bond motifs is 1. The Morgan fingerprint density at radius 3 is 2.75 bits per heavy atom. The highest BCUT2D eigenvalue weighted by Crippen LogP contribution is 2.33. The van der Waals surface area contributed by atoms with Crippen molar-refractivity contribution in [2.45, 2.75) is 6.92 Å². The van der Waals surface area contributed by atoms with E-state index in [1.807, 2.05) is 0 Å². The Labute approximate surface area is 144 Å². The molecule has 8 heteroatoms. The first kappa shape index (κ1) is 16.4.